The average molecular weight is 197 g/mol. The van der Waals surface area contributed by atoms with Crippen LogP contribution in [0.1, 0.15) is 5.56 Å². The minimum absolute atomic E-state index is 0.173. The van der Waals surface area contributed by atoms with Crippen LogP contribution in [0.5, 0.6) is 0 Å². The lowest BCUT2D eigenvalue weighted by molar-refractivity contribution is -0.384. The summed E-state index contributed by atoms with van der Waals surface area (Å²) < 4.78 is 0. The summed E-state index contributed by atoms with van der Waals surface area (Å²) in [5, 5.41) is 10.5. The molecule has 0 saturated carbocycles. The van der Waals surface area contributed by atoms with Crippen LogP contribution in [-0.4, -0.2) is 16.5 Å². The minimum atomic E-state index is -0.595. The molecular weight excluding hydrogens is 186 g/mol. The number of pyridine rings is 1. The van der Waals surface area contributed by atoms with Crippen LogP contribution in [0.15, 0.2) is 6.07 Å². The van der Waals surface area contributed by atoms with E-state index in [4.69, 9.17) is 17.2 Å². The quantitative estimate of drug-likeness (QED) is 0.448. The molecule has 0 fully saturated rings. The van der Waals surface area contributed by atoms with Crippen molar-refractivity contribution in [1.29, 1.82) is 0 Å². The highest BCUT2D eigenvalue weighted by Gasteiger charge is 2.15. The van der Waals surface area contributed by atoms with Crippen molar-refractivity contribution >= 4 is 17.3 Å². The first kappa shape index (κ1) is 10.2. The number of nitrogens with zero attached hydrogens (tertiary/aromatic N) is 2. The van der Waals surface area contributed by atoms with E-state index < -0.39 is 4.92 Å². The van der Waals surface area contributed by atoms with Crippen molar-refractivity contribution in [1.82, 2.24) is 4.98 Å². The molecule has 0 bridgehead atoms. The molecule has 0 aliphatic rings. The minimum Gasteiger partial charge on any atom is -0.383 e. The number of hydrogen-bond donors (Lipinski definition) is 3. The summed E-state index contributed by atoms with van der Waals surface area (Å²) >= 11 is 0. The highest BCUT2D eigenvalue weighted by Crippen LogP contribution is 2.23. The fourth-order valence-electron chi connectivity index (χ4n) is 1.07. The lowest BCUT2D eigenvalue weighted by atomic mass is 10.1. The average Bonchev–Trinajstić information content (AvgIpc) is 2.09. The third kappa shape index (κ3) is 1.88. The first-order chi connectivity index (χ1) is 6.56. The largest absolute Gasteiger partial charge is 0.383 e. The molecule has 0 aromatic carbocycles. The van der Waals surface area contributed by atoms with Gasteiger partial charge < -0.3 is 17.2 Å². The normalized spacial score (nSPS) is 10.1. The summed E-state index contributed by atoms with van der Waals surface area (Å²) in [5.74, 6) is 0.0202. The van der Waals surface area contributed by atoms with Gasteiger partial charge in [0, 0.05) is 11.6 Å². The van der Waals surface area contributed by atoms with Crippen molar-refractivity contribution in [2.75, 3.05) is 18.0 Å². The van der Waals surface area contributed by atoms with E-state index in [1.165, 1.54) is 6.07 Å². The third-order valence-electron chi connectivity index (χ3n) is 1.75. The first-order valence-corrected chi connectivity index (χ1v) is 3.95. The van der Waals surface area contributed by atoms with E-state index in [9.17, 15) is 10.1 Å². The topological polar surface area (TPSA) is 134 Å². The summed E-state index contributed by atoms with van der Waals surface area (Å²) in [7, 11) is 0. The van der Waals surface area contributed by atoms with Crippen molar-refractivity contribution in [3.8, 4) is 0 Å². The van der Waals surface area contributed by atoms with Gasteiger partial charge in [-0.25, -0.2) is 4.98 Å². The maximum absolute atomic E-state index is 10.5. The molecule has 0 aliphatic carbocycles. The third-order valence-corrected chi connectivity index (χ3v) is 1.75. The summed E-state index contributed by atoms with van der Waals surface area (Å²) in [6.07, 6.45) is 0.444. The number of nitrogens with two attached hydrogens (primary N) is 3. The predicted octanol–water partition coefficient (Wildman–Crippen LogP) is -0.345. The van der Waals surface area contributed by atoms with Gasteiger partial charge in [-0.3, -0.25) is 10.1 Å². The number of hydrogen-bond acceptors (Lipinski definition) is 6. The molecule has 0 aliphatic heterocycles. The zero-order valence-corrected chi connectivity index (χ0v) is 7.43. The van der Waals surface area contributed by atoms with E-state index in [1.54, 1.807) is 0 Å². The second kappa shape index (κ2) is 3.88. The molecule has 14 heavy (non-hydrogen) atoms. The van der Waals surface area contributed by atoms with E-state index >= 15 is 0 Å². The van der Waals surface area contributed by atoms with Gasteiger partial charge in [0.1, 0.15) is 5.82 Å². The smallest absolute Gasteiger partial charge is 0.311 e. The molecule has 7 heteroatoms. The van der Waals surface area contributed by atoms with E-state index in [2.05, 4.69) is 4.98 Å². The Morgan fingerprint density at radius 2 is 2.07 bits per heavy atom. The van der Waals surface area contributed by atoms with Gasteiger partial charge in [-0.05, 0) is 13.0 Å². The Bertz CT molecular complexity index is 365. The zero-order chi connectivity index (χ0) is 10.7. The predicted molar refractivity (Wildman–Crippen MR) is 52.5 cm³/mol. The van der Waals surface area contributed by atoms with Crippen LogP contribution >= 0.6 is 0 Å². The van der Waals surface area contributed by atoms with Gasteiger partial charge in [0.15, 0.2) is 0 Å². The van der Waals surface area contributed by atoms with Gasteiger partial charge in [0.2, 0.25) is 5.82 Å². The van der Waals surface area contributed by atoms with E-state index in [1.807, 2.05) is 0 Å². The summed E-state index contributed by atoms with van der Waals surface area (Å²) in [4.78, 5) is 13.6. The SMILES string of the molecule is NCCc1cc([N+](=O)[O-])c(N)nc1N. The van der Waals surface area contributed by atoms with Crippen molar-refractivity contribution in [3.05, 3.63) is 21.7 Å². The monoisotopic (exact) mass is 197 g/mol. The molecule has 0 atom stereocenters. The van der Waals surface area contributed by atoms with Gasteiger partial charge in [-0.2, -0.15) is 0 Å². The van der Waals surface area contributed by atoms with E-state index in [-0.39, 0.29) is 17.3 Å². The highest BCUT2D eigenvalue weighted by atomic mass is 16.6. The number of nitrogen functional groups attached to an aromatic ring is 2. The maximum Gasteiger partial charge on any atom is 0.311 e. The second-order valence-corrected chi connectivity index (χ2v) is 2.73. The summed E-state index contributed by atoms with van der Waals surface area (Å²) in [6, 6.07) is 1.31. The zero-order valence-electron chi connectivity index (χ0n) is 7.43. The Morgan fingerprint density at radius 1 is 1.43 bits per heavy atom. The number of anilines is 2. The van der Waals surface area contributed by atoms with Crippen LogP contribution in [0.25, 0.3) is 0 Å². The van der Waals surface area contributed by atoms with Gasteiger partial charge in [0.25, 0.3) is 0 Å². The van der Waals surface area contributed by atoms with Crippen LogP contribution < -0.4 is 17.2 Å². The van der Waals surface area contributed by atoms with Crippen LogP contribution in [-0.2, 0) is 6.42 Å². The molecule has 1 heterocycles. The van der Waals surface area contributed by atoms with Gasteiger partial charge in [0.05, 0.1) is 4.92 Å². The van der Waals surface area contributed by atoms with Crippen LogP contribution in [0, 0.1) is 10.1 Å². The summed E-state index contributed by atoms with van der Waals surface area (Å²) in [5.41, 5.74) is 16.5. The van der Waals surface area contributed by atoms with Crippen LogP contribution in [0.2, 0.25) is 0 Å². The highest BCUT2D eigenvalue weighted by molar-refractivity contribution is 5.59. The molecule has 6 N–H and O–H groups in total. The second-order valence-electron chi connectivity index (χ2n) is 2.73. The Labute approximate surface area is 80.1 Å². The lowest BCUT2D eigenvalue weighted by Crippen LogP contribution is -2.09. The molecule has 7 nitrogen and oxygen atoms in total. The Morgan fingerprint density at radius 3 is 2.57 bits per heavy atom. The number of aromatic nitrogens is 1. The molecule has 0 unspecified atom stereocenters. The standard InChI is InChI=1S/C7H11N5O2/c8-2-1-4-3-5(12(13)14)7(10)11-6(4)9/h3H,1-2,8H2,(H4,9,10,11). The number of nitro groups is 1. The molecule has 1 aromatic heterocycles. The fourth-order valence-corrected chi connectivity index (χ4v) is 1.07. The van der Waals surface area contributed by atoms with Gasteiger partial charge >= 0.3 is 5.69 Å². The molecule has 0 saturated heterocycles. The molecular formula is C7H11N5O2. The van der Waals surface area contributed by atoms with Crippen LogP contribution in [0.3, 0.4) is 0 Å². The summed E-state index contributed by atoms with van der Waals surface area (Å²) in [6.45, 7) is 0.354. The van der Waals surface area contributed by atoms with Crippen molar-refractivity contribution in [2.45, 2.75) is 6.42 Å². The van der Waals surface area contributed by atoms with Crippen molar-refractivity contribution in [2.24, 2.45) is 5.73 Å². The molecule has 0 spiro atoms. The van der Waals surface area contributed by atoms with Crippen molar-refractivity contribution in [3.63, 3.8) is 0 Å². The lowest BCUT2D eigenvalue weighted by Gasteiger charge is -2.04. The van der Waals surface area contributed by atoms with Crippen LogP contribution in [0.4, 0.5) is 17.3 Å². The molecule has 1 aromatic rings. The molecule has 1 rings (SSSR count). The van der Waals surface area contributed by atoms with E-state index in [0.29, 0.717) is 18.5 Å². The Balaban J connectivity index is 3.20. The molecule has 76 valence electrons. The molecule has 0 amide bonds. The fraction of sp³-hybridized carbons (Fsp3) is 0.286. The van der Waals surface area contributed by atoms with Crippen molar-refractivity contribution < 1.29 is 4.92 Å². The number of rotatable bonds is 3. The Kier molecular flexibility index (Phi) is 2.82. The molecule has 0 radical (unpaired) electrons. The van der Waals surface area contributed by atoms with Gasteiger partial charge in [-0.1, -0.05) is 0 Å². The van der Waals surface area contributed by atoms with Gasteiger partial charge in [-0.15, -0.1) is 0 Å². The Hall–Kier alpha value is -1.89. The maximum atomic E-state index is 10.5. The van der Waals surface area contributed by atoms with E-state index in [0.717, 1.165) is 0 Å². The first-order valence-electron chi connectivity index (χ1n) is 3.95.